The average Bonchev–Trinajstić information content (AvgIpc) is 2.00. The molecule has 6 nitrogen and oxygen atoms in total. The Bertz CT molecular complexity index is 160. The zero-order valence-electron chi connectivity index (χ0n) is 7.25. The van der Waals surface area contributed by atoms with Gasteiger partial charge in [-0.25, -0.2) is 9.59 Å². The fourth-order valence-electron chi connectivity index (χ4n) is 0.330. The largest absolute Gasteiger partial charge is 0.465 e. The van der Waals surface area contributed by atoms with Crippen LogP contribution < -0.4 is 12.3 Å². The molecule has 0 aliphatic rings. The van der Waals surface area contributed by atoms with Gasteiger partial charge < -0.3 is 21.8 Å². The summed E-state index contributed by atoms with van der Waals surface area (Å²) in [7, 11) is 2.33. The summed E-state index contributed by atoms with van der Waals surface area (Å²) in [4.78, 5) is 21.0. The first-order valence-corrected chi connectivity index (χ1v) is 2.49. The SMILES string of the molecule is C=C(C(=O)OC)C(=O)OC.N.N. The molecule has 0 aromatic rings. The zero-order valence-corrected chi connectivity index (χ0v) is 7.25. The summed E-state index contributed by atoms with van der Waals surface area (Å²) in [6, 6.07) is 0. The summed E-state index contributed by atoms with van der Waals surface area (Å²) >= 11 is 0. The van der Waals surface area contributed by atoms with E-state index in [4.69, 9.17) is 0 Å². The third kappa shape index (κ3) is 4.42. The van der Waals surface area contributed by atoms with Crippen LogP contribution in [-0.4, -0.2) is 26.2 Å². The molecule has 0 unspecified atom stereocenters. The highest BCUT2D eigenvalue weighted by Crippen LogP contribution is 1.94. The second-order valence-electron chi connectivity index (χ2n) is 1.46. The second-order valence-corrected chi connectivity index (χ2v) is 1.46. The Morgan fingerprint density at radius 3 is 1.42 bits per heavy atom. The molecule has 12 heavy (non-hydrogen) atoms. The number of carbonyl (C=O) groups excluding carboxylic acids is 2. The van der Waals surface area contributed by atoms with E-state index in [2.05, 4.69) is 16.1 Å². The topological polar surface area (TPSA) is 123 Å². The third-order valence-corrected chi connectivity index (χ3v) is 0.864. The van der Waals surface area contributed by atoms with E-state index >= 15 is 0 Å². The van der Waals surface area contributed by atoms with Crippen molar-refractivity contribution in [3.8, 4) is 0 Å². The highest BCUT2D eigenvalue weighted by Gasteiger charge is 2.15. The van der Waals surface area contributed by atoms with E-state index in [1.54, 1.807) is 0 Å². The van der Waals surface area contributed by atoms with E-state index in [1.807, 2.05) is 0 Å². The lowest BCUT2D eigenvalue weighted by molar-refractivity contribution is -0.143. The van der Waals surface area contributed by atoms with Crippen molar-refractivity contribution in [1.82, 2.24) is 12.3 Å². The predicted octanol–water partition coefficient (Wildman–Crippen LogP) is 0.213. The van der Waals surface area contributed by atoms with Crippen molar-refractivity contribution in [3.05, 3.63) is 12.2 Å². The summed E-state index contributed by atoms with van der Waals surface area (Å²) in [5.74, 6) is -1.54. The molecule has 0 rings (SSSR count). The molecule has 0 saturated carbocycles. The summed E-state index contributed by atoms with van der Waals surface area (Å²) < 4.78 is 8.39. The molecule has 72 valence electrons. The van der Waals surface area contributed by atoms with Gasteiger partial charge in [-0.1, -0.05) is 6.58 Å². The standard InChI is InChI=1S/C6H8O4.2H3N/c1-4(5(7)9-2)6(8)10-3;;/h1H2,2-3H3;2*1H3. The molecule has 6 N–H and O–H groups in total. The van der Waals surface area contributed by atoms with Crippen LogP contribution in [0, 0.1) is 0 Å². The van der Waals surface area contributed by atoms with Gasteiger partial charge in [0, 0.05) is 0 Å². The summed E-state index contributed by atoms with van der Waals surface area (Å²) in [6.45, 7) is 3.15. The Labute approximate surface area is 70.7 Å². The van der Waals surface area contributed by atoms with Crippen LogP contribution in [0.2, 0.25) is 0 Å². The van der Waals surface area contributed by atoms with Gasteiger partial charge in [-0.2, -0.15) is 0 Å². The number of hydrogen-bond donors (Lipinski definition) is 2. The van der Waals surface area contributed by atoms with Crippen molar-refractivity contribution in [2.45, 2.75) is 0 Å². The number of rotatable bonds is 2. The lowest BCUT2D eigenvalue weighted by Crippen LogP contribution is -2.14. The van der Waals surface area contributed by atoms with Gasteiger partial charge in [0.05, 0.1) is 14.2 Å². The summed E-state index contributed by atoms with van der Waals surface area (Å²) in [5, 5.41) is 0. The highest BCUT2D eigenvalue weighted by atomic mass is 16.5. The van der Waals surface area contributed by atoms with Gasteiger partial charge in [-0.3, -0.25) is 0 Å². The molecular formula is C6H14N2O4. The first-order chi connectivity index (χ1) is 4.63. The van der Waals surface area contributed by atoms with E-state index in [9.17, 15) is 9.59 Å². The minimum atomic E-state index is -0.771. The number of hydrogen-bond acceptors (Lipinski definition) is 6. The maximum Gasteiger partial charge on any atom is 0.344 e. The molecule has 0 radical (unpaired) electrons. The fourth-order valence-corrected chi connectivity index (χ4v) is 0.330. The van der Waals surface area contributed by atoms with Crippen molar-refractivity contribution in [3.63, 3.8) is 0 Å². The van der Waals surface area contributed by atoms with Crippen LogP contribution in [0.4, 0.5) is 0 Å². The van der Waals surface area contributed by atoms with Crippen LogP contribution in [0.3, 0.4) is 0 Å². The number of methoxy groups -OCH3 is 2. The number of carbonyl (C=O) groups is 2. The van der Waals surface area contributed by atoms with Gasteiger partial charge in [0.15, 0.2) is 0 Å². The highest BCUT2D eigenvalue weighted by molar-refractivity contribution is 6.13. The Balaban J connectivity index is -0.000000405. The minimum absolute atomic E-state index is 0. The monoisotopic (exact) mass is 178 g/mol. The maximum absolute atomic E-state index is 10.5. The van der Waals surface area contributed by atoms with Crippen molar-refractivity contribution in [1.29, 1.82) is 0 Å². The zero-order chi connectivity index (χ0) is 8.15. The third-order valence-electron chi connectivity index (χ3n) is 0.864. The molecule has 0 amide bonds. The molecule has 0 aliphatic carbocycles. The fraction of sp³-hybridized carbons (Fsp3) is 0.333. The van der Waals surface area contributed by atoms with Gasteiger partial charge in [-0.05, 0) is 0 Å². The molecular weight excluding hydrogens is 164 g/mol. The second kappa shape index (κ2) is 7.70. The van der Waals surface area contributed by atoms with Gasteiger partial charge in [0.2, 0.25) is 0 Å². The lowest BCUT2D eigenvalue weighted by atomic mass is 10.3. The lowest BCUT2D eigenvalue weighted by Gasteiger charge is -1.98. The Morgan fingerprint density at radius 2 is 1.25 bits per heavy atom. The summed E-state index contributed by atoms with van der Waals surface area (Å²) in [5.41, 5.74) is -0.301. The quantitative estimate of drug-likeness (QED) is 0.269. The Morgan fingerprint density at radius 1 is 1.00 bits per heavy atom. The van der Waals surface area contributed by atoms with E-state index in [0.717, 1.165) is 14.2 Å². The molecule has 0 saturated heterocycles. The molecule has 6 heteroatoms. The molecule has 0 heterocycles. The number of esters is 2. The van der Waals surface area contributed by atoms with E-state index < -0.39 is 11.9 Å². The Hall–Kier alpha value is -1.40. The Kier molecular flexibility index (Phi) is 10.9. The average molecular weight is 178 g/mol. The molecule has 0 aromatic carbocycles. The predicted molar refractivity (Wildman–Crippen MR) is 43.2 cm³/mol. The van der Waals surface area contributed by atoms with Crippen LogP contribution >= 0.6 is 0 Å². The summed E-state index contributed by atoms with van der Waals surface area (Å²) in [6.07, 6.45) is 0. The van der Waals surface area contributed by atoms with Crippen molar-refractivity contribution in [2.24, 2.45) is 0 Å². The molecule has 0 aromatic heterocycles. The molecule has 0 atom stereocenters. The normalized spacial score (nSPS) is 6.83. The van der Waals surface area contributed by atoms with Crippen molar-refractivity contribution >= 4 is 11.9 Å². The molecule has 0 spiro atoms. The van der Waals surface area contributed by atoms with Gasteiger partial charge in [-0.15, -0.1) is 0 Å². The molecule has 0 fully saturated rings. The molecule has 0 bridgehead atoms. The van der Waals surface area contributed by atoms with E-state index in [-0.39, 0.29) is 17.9 Å². The van der Waals surface area contributed by atoms with Gasteiger partial charge >= 0.3 is 11.9 Å². The van der Waals surface area contributed by atoms with Crippen LogP contribution in [0.1, 0.15) is 0 Å². The van der Waals surface area contributed by atoms with Gasteiger partial charge in [0.25, 0.3) is 0 Å². The van der Waals surface area contributed by atoms with Crippen LogP contribution in [-0.2, 0) is 19.1 Å². The first kappa shape index (κ1) is 16.9. The maximum atomic E-state index is 10.5. The van der Waals surface area contributed by atoms with Crippen LogP contribution in [0.25, 0.3) is 0 Å². The number of ether oxygens (including phenoxy) is 2. The first-order valence-electron chi connectivity index (χ1n) is 2.49. The minimum Gasteiger partial charge on any atom is -0.465 e. The van der Waals surface area contributed by atoms with Gasteiger partial charge in [0.1, 0.15) is 5.57 Å². The van der Waals surface area contributed by atoms with E-state index in [0.29, 0.717) is 0 Å². The smallest absolute Gasteiger partial charge is 0.344 e. The van der Waals surface area contributed by atoms with E-state index in [1.165, 1.54) is 0 Å². The van der Waals surface area contributed by atoms with Crippen LogP contribution in [0.15, 0.2) is 12.2 Å². The molecule has 0 aliphatic heterocycles. The van der Waals surface area contributed by atoms with Crippen LogP contribution in [0.5, 0.6) is 0 Å². The van der Waals surface area contributed by atoms with Crippen molar-refractivity contribution < 1.29 is 19.1 Å². The van der Waals surface area contributed by atoms with Crippen molar-refractivity contribution in [2.75, 3.05) is 14.2 Å².